The zero-order chi connectivity index (χ0) is 28.5. The van der Waals surface area contributed by atoms with Gasteiger partial charge in [0.2, 0.25) is 6.79 Å². The molecule has 39 heavy (non-hydrogen) atoms. The van der Waals surface area contributed by atoms with Crippen molar-refractivity contribution in [2.45, 2.75) is 53.9 Å². The van der Waals surface area contributed by atoms with Crippen LogP contribution < -0.4 is 10.6 Å². The van der Waals surface area contributed by atoms with Crippen molar-refractivity contribution in [3.05, 3.63) is 53.0 Å². The summed E-state index contributed by atoms with van der Waals surface area (Å²) in [4.78, 5) is 55.4. The van der Waals surface area contributed by atoms with Crippen LogP contribution in [0.3, 0.4) is 0 Å². The van der Waals surface area contributed by atoms with E-state index in [0.29, 0.717) is 47.5 Å². The Labute approximate surface area is 226 Å². The van der Waals surface area contributed by atoms with Crippen molar-refractivity contribution in [3.8, 4) is 0 Å². The maximum atomic E-state index is 13.5. The Morgan fingerprint density at radius 1 is 1.05 bits per heavy atom. The summed E-state index contributed by atoms with van der Waals surface area (Å²) >= 11 is 0. The number of hydrogen-bond donors (Lipinski definition) is 2. The summed E-state index contributed by atoms with van der Waals surface area (Å²) in [5.74, 6) is -0.836. The lowest BCUT2D eigenvalue weighted by Crippen LogP contribution is -2.38. The summed E-state index contributed by atoms with van der Waals surface area (Å²) in [5, 5.41) is 10.3. The van der Waals surface area contributed by atoms with Crippen LogP contribution in [-0.4, -0.2) is 63.3 Å². The number of nitrogens with zero attached hydrogens (tertiary/aromatic N) is 4. The molecule has 12 nitrogen and oxygen atoms in total. The van der Waals surface area contributed by atoms with Gasteiger partial charge in [0.25, 0.3) is 11.8 Å². The van der Waals surface area contributed by atoms with Crippen LogP contribution in [0, 0.1) is 13.8 Å². The first-order valence-electron chi connectivity index (χ1n) is 12.8. The number of hydrogen-bond acceptors (Lipinski definition) is 9. The number of aromatic nitrogens is 3. The van der Waals surface area contributed by atoms with Crippen LogP contribution in [0.4, 0.5) is 16.3 Å². The van der Waals surface area contributed by atoms with Gasteiger partial charge in [0.1, 0.15) is 11.8 Å². The van der Waals surface area contributed by atoms with Gasteiger partial charge < -0.3 is 20.1 Å². The molecule has 3 aromatic rings. The molecule has 0 aliphatic carbocycles. The lowest BCUT2D eigenvalue weighted by molar-refractivity contribution is -0.152. The van der Waals surface area contributed by atoms with Crippen molar-refractivity contribution in [1.82, 2.24) is 24.8 Å². The molecule has 1 aromatic carbocycles. The minimum absolute atomic E-state index is 0.106. The van der Waals surface area contributed by atoms with E-state index in [-0.39, 0.29) is 24.4 Å². The van der Waals surface area contributed by atoms with Crippen molar-refractivity contribution >= 4 is 40.9 Å². The number of amides is 3. The third-order valence-electron chi connectivity index (χ3n) is 5.92. The Morgan fingerprint density at radius 3 is 2.51 bits per heavy atom. The average Bonchev–Trinajstić information content (AvgIpc) is 3.25. The van der Waals surface area contributed by atoms with Crippen molar-refractivity contribution in [3.63, 3.8) is 0 Å². The number of ether oxygens (including phenoxy) is 2. The van der Waals surface area contributed by atoms with Crippen LogP contribution in [0.2, 0.25) is 0 Å². The number of rotatable bonds is 11. The maximum Gasteiger partial charge on any atom is 0.419 e. The van der Waals surface area contributed by atoms with E-state index in [2.05, 4.69) is 20.7 Å². The Bertz CT molecular complexity index is 1370. The fourth-order valence-corrected chi connectivity index (χ4v) is 3.90. The van der Waals surface area contributed by atoms with E-state index in [9.17, 15) is 19.2 Å². The lowest BCUT2D eigenvalue weighted by atomic mass is 10.1. The third-order valence-corrected chi connectivity index (χ3v) is 5.92. The van der Waals surface area contributed by atoms with Gasteiger partial charge in [-0.25, -0.2) is 19.2 Å². The molecule has 12 heteroatoms. The Hall–Kier alpha value is -4.48. The SMILES string of the molecule is CCCC(=O)OCOC(=O)N(CCC)C(=O)c1cn2ncnc(Nc3cc(C(=O)NCC)ccc3C)c2c1C. The molecule has 0 atom stereocenters. The molecule has 0 saturated carbocycles. The van der Waals surface area contributed by atoms with E-state index in [4.69, 9.17) is 9.47 Å². The topological polar surface area (TPSA) is 144 Å². The molecule has 3 amide bonds. The van der Waals surface area contributed by atoms with Gasteiger partial charge >= 0.3 is 12.1 Å². The van der Waals surface area contributed by atoms with Crippen LogP contribution in [-0.2, 0) is 14.3 Å². The first-order valence-corrected chi connectivity index (χ1v) is 12.8. The number of anilines is 2. The van der Waals surface area contributed by atoms with Crippen LogP contribution in [0.25, 0.3) is 5.52 Å². The van der Waals surface area contributed by atoms with Gasteiger partial charge in [-0.1, -0.05) is 19.9 Å². The molecule has 3 rings (SSSR count). The minimum Gasteiger partial charge on any atom is -0.428 e. The van der Waals surface area contributed by atoms with Crippen LogP contribution in [0.1, 0.15) is 71.9 Å². The molecule has 2 heterocycles. The predicted molar refractivity (Wildman–Crippen MR) is 144 cm³/mol. The number of fused-ring (bicyclic) bond motifs is 1. The fourth-order valence-electron chi connectivity index (χ4n) is 3.90. The number of imide groups is 1. The summed E-state index contributed by atoms with van der Waals surface area (Å²) in [7, 11) is 0. The zero-order valence-corrected chi connectivity index (χ0v) is 22.9. The number of aryl methyl sites for hydroxylation is 2. The molecule has 2 N–H and O–H groups in total. The normalized spacial score (nSPS) is 10.7. The second-order valence-corrected chi connectivity index (χ2v) is 8.83. The summed E-state index contributed by atoms with van der Waals surface area (Å²) in [5.41, 5.74) is 3.36. The molecule has 0 bridgehead atoms. The Balaban J connectivity index is 1.89. The van der Waals surface area contributed by atoms with Gasteiger partial charge in [-0.05, 0) is 56.9 Å². The molecule has 0 radical (unpaired) electrons. The second-order valence-electron chi connectivity index (χ2n) is 8.83. The van der Waals surface area contributed by atoms with E-state index < -0.39 is 24.8 Å². The van der Waals surface area contributed by atoms with Crippen molar-refractivity contribution in [2.75, 3.05) is 25.2 Å². The highest BCUT2D eigenvalue weighted by Crippen LogP contribution is 2.28. The highest BCUT2D eigenvalue weighted by Gasteiger charge is 2.28. The third kappa shape index (κ3) is 6.89. The Morgan fingerprint density at radius 2 is 1.82 bits per heavy atom. The number of esters is 1. The second kappa shape index (κ2) is 13.4. The summed E-state index contributed by atoms with van der Waals surface area (Å²) in [6.45, 7) is 9.17. The molecule has 0 aliphatic heterocycles. The number of benzene rings is 1. The van der Waals surface area contributed by atoms with Crippen molar-refractivity contribution < 1.29 is 28.7 Å². The summed E-state index contributed by atoms with van der Waals surface area (Å²) < 4.78 is 11.4. The highest BCUT2D eigenvalue weighted by molar-refractivity contribution is 6.05. The highest BCUT2D eigenvalue weighted by atomic mass is 16.7. The molecule has 0 spiro atoms. The van der Waals surface area contributed by atoms with Gasteiger partial charge in [-0.2, -0.15) is 5.10 Å². The van der Waals surface area contributed by atoms with Crippen molar-refractivity contribution in [2.24, 2.45) is 0 Å². The first kappa shape index (κ1) is 29.1. The van der Waals surface area contributed by atoms with Gasteiger partial charge in [0.15, 0.2) is 5.82 Å². The molecule has 0 unspecified atom stereocenters. The van der Waals surface area contributed by atoms with Gasteiger partial charge in [-0.15, -0.1) is 0 Å². The molecule has 0 saturated heterocycles. The van der Waals surface area contributed by atoms with E-state index >= 15 is 0 Å². The number of carbonyl (C=O) groups is 4. The van der Waals surface area contributed by atoms with Gasteiger partial charge in [0.05, 0.1) is 5.56 Å². The average molecular weight is 539 g/mol. The minimum atomic E-state index is -0.914. The molecule has 0 fully saturated rings. The van der Waals surface area contributed by atoms with E-state index in [1.54, 1.807) is 19.1 Å². The van der Waals surface area contributed by atoms with E-state index in [1.807, 2.05) is 33.8 Å². The predicted octanol–water partition coefficient (Wildman–Crippen LogP) is 4.13. The first-order chi connectivity index (χ1) is 18.7. The zero-order valence-electron chi connectivity index (χ0n) is 22.9. The summed E-state index contributed by atoms with van der Waals surface area (Å²) in [6, 6.07) is 5.31. The van der Waals surface area contributed by atoms with E-state index in [0.717, 1.165) is 10.5 Å². The van der Waals surface area contributed by atoms with Crippen LogP contribution in [0.5, 0.6) is 0 Å². The Kier molecular flexibility index (Phi) is 9.96. The largest absolute Gasteiger partial charge is 0.428 e. The standard InChI is InChI=1S/C27H34N6O6/c1-6-9-22(34)38-16-39-27(37)32(12-7-2)26(36)20-14-33-23(18(20)5)24(29-15-30-33)31-21-13-19(11-10-17(21)4)25(35)28-8-3/h10-11,13-15H,6-9,12,16H2,1-5H3,(H,28,35)(H,29,30,31). The van der Waals surface area contributed by atoms with E-state index in [1.165, 1.54) is 17.0 Å². The van der Waals surface area contributed by atoms with Gasteiger partial charge in [0, 0.05) is 37.0 Å². The van der Waals surface area contributed by atoms with Crippen molar-refractivity contribution in [1.29, 1.82) is 0 Å². The molecule has 0 aliphatic rings. The number of nitrogens with one attached hydrogen (secondary N) is 2. The molecular weight excluding hydrogens is 504 g/mol. The molecule has 2 aromatic heterocycles. The smallest absolute Gasteiger partial charge is 0.419 e. The molecular formula is C27H34N6O6. The van der Waals surface area contributed by atoms with Gasteiger partial charge in [-0.3, -0.25) is 14.4 Å². The lowest BCUT2D eigenvalue weighted by Gasteiger charge is -2.19. The summed E-state index contributed by atoms with van der Waals surface area (Å²) in [6.07, 6.45) is 3.26. The van der Waals surface area contributed by atoms with Crippen LogP contribution >= 0.6 is 0 Å². The monoisotopic (exact) mass is 538 g/mol. The quantitative estimate of drug-likeness (QED) is 0.272. The number of carbonyl (C=O) groups excluding carboxylic acids is 4. The fraction of sp³-hybridized carbons (Fsp3) is 0.407. The van der Waals surface area contributed by atoms with Crippen LogP contribution in [0.15, 0.2) is 30.7 Å². The molecule has 208 valence electrons. The maximum absolute atomic E-state index is 13.5.